The lowest BCUT2D eigenvalue weighted by molar-refractivity contribution is -0.125. The first-order valence-electron chi connectivity index (χ1n) is 9.86. The predicted molar refractivity (Wildman–Crippen MR) is 112 cm³/mol. The zero-order valence-electron chi connectivity index (χ0n) is 16.7. The monoisotopic (exact) mass is 432 g/mol. The molecule has 1 aromatic heterocycles. The highest BCUT2D eigenvalue weighted by molar-refractivity contribution is 6.30. The molecular weight excluding hydrogens is 408 g/mol. The van der Waals surface area contributed by atoms with Crippen LogP contribution >= 0.6 is 11.6 Å². The van der Waals surface area contributed by atoms with E-state index < -0.39 is 12.0 Å². The van der Waals surface area contributed by atoms with Crippen LogP contribution in [-0.4, -0.2) is 44.9 Å². The number of nitrogens with one attached hydrogen (secondary N) is 1. The van der Waals surface area contributed by atoms with Crippen LogP contribution in [0.3, 0.4) is 0 Å². The van der Waals surface area contributed by atoms with Gasteiger partial charge in [0.25, 0.3) is 5.91 Å². The van der Waals surface area contributed by atoms with Crippen LogP contribution in [0.15, 0.2) is 30.3 Å². The van der Waals surface area contributed by atoms with Gasteiger partial charge >= 0.3 is 5.97 Å². The molecule has 1 unspecified atom stereocenters. The third-order valence-electron chi connectivity index (χ3n) is 5.39. The highest BCUT2D eigenvalue weighted by Crippen LogP contribution is 2.22. The summed E-state index contributed by atoms with van der Waals surface area (Å²) in [4.78, 5) is 38.8. The largest absolute Gasteiger partial charge is 0.477 e. The second-order valence-electron chi connectivity index (χ2n) is 7.14. The van der Waals surface area contributed by atoms with Crippen LogP contribution in [0, 0.1) is 0 Å². The fourth-order valence-electron chi connectivity index (χ4n) is 3.87. The van der Waals surface area contributed by atoms with Crippen LogP contribution in [0.4, 0.5) is 0 Å². The maximum atomic E-state index is 13.1. The van der Waals surface area contributed by atoms with E-state index in [-0.39, 0.29) is 29.7 Å². The lowest BCUT2D eigenvalue weighted by atomic mass is 10.1. The second kappa shape index (κ2) is 9.32. The van der Waals surface area contributed by atoms with Crippen molar-refractivity contribution in [2.24, 2.45) is 5.73 Å². The molecule has 0 bridgehead atoms. The summed E-state index contributed by atoms with van der Waals surface area (Å²) in [6.45, 7) is 3.16. The van der Waals surface area contributed by atoms with Crippen molar-refractivity contribution in [3.63, 3.8) is 0 Å². The van der Waals surface area contributed by atoms with Crippen LogP contribution in [0.25, 0.3) is 0 Å². The van der Waals surface area contributed by atoms with E-state index >= 15 is 0 Å². The van der Waals surface area contributed by atoms with Crippen molar-refractivity contribution in [2.45, 2.75) is 45.4 Å². The number of hydrogen-bond donors (Lipinski definition) is 3. The molecule has 1 saturated heterocycles. The Morgan fingerprint density at radius 2 is 1.93 bits per heavy atom. The molecule has 0 saturated carbocycles. The number of rotatable bonds is 7. The molecule has 160 valence electrons. The normalized spacial score (nSPS) is 16.0. The minimum absolute atomic E-state index is 0.0521. The SMILES string of the molecule is CCn1c(C(=O)O)ccc1C(=O)N1CCCC1C(=O)NCc1cc(Cl)ccc1CN. The molecule has 9 heteroatoms. The highest BCUT2D eigenvalue weighted by atomic mass is 35.5. The molecule has 2 aromatic rings. The number of aromatic nitrogens is 1. The van der Waals surface area contributed by atoms with Gasteiger partial charge in [-0.3, -0.25) is 9.59 Å². The fourth-order valence-corrected chi connectivity index (χ4v) is 4.06. The number of amides is 2. The number of carboxylic acids is 1. The van der Waals surface area contributed by atoms with E-state index in [0.29, 0.717) is 37.5 Å². The molecule has 8 nitrogen and oxygen atoms in total. The molecule has 0 radical (unpaired) electrons. The summed E-state index contributed by atoms with van der Waals surface area (Å²) >= 11 is 6.05. The summed E-state index contributed by atoms with van der Waals surface area (Å²) in [5.41, 5.74) is 7.80. The van der Waals surface area contributed by atoms with Crippen molar-refractivity contribution in [1.82, 2.24) is 14.8 Å². The first-order valence-corrected chi connectivity index (χ1v) is 10.2. The van der Waals surface area contributed by atoms with Gasteiger partial charge in [0.05, 0.1) is 0 Å². The summed E-state index contributed by atoms with van der Waals surface area (Å²) in [5, 5.41) is 12.8. The Bertz CT molecular complexity index is 972. The average molecular weight is 433 g/mol. The van der Waals surface area contributed by atoms with Crippen molar-refractivity contribution >= 4 is 29.4 Å². The van der Waals surface area contributed by atoms with Crippen molar-refractivity contribution < 1.29 is 19.5 Å². The van der Waals surface area contributed by atoms with Crippen molar-refractivity contribution in [2.75, 3.05) is 6.54 Å². The maximum Gasteiger partial charge on any atom is 0.352 e. The number of halogens is 1. The van der Waals surface area contributed by atoms with Crippen LogP contribution in [-0.2, 0) is 24.4 Å². The standard InChI is InChI=1S/C21H25ClN4O4/c1-2-25-17(7-8-18(25)21(29)30)20(28)26-9-3-4-16(26)19(27)24-12-14-10-15(22)6-5-13(14)11-23/h5-8,10,16H,2-4,9,11-12,23H2,1H3,(H,24,27)(H,29,30). The molecule has 2 heterocycles. The van der Waals surface area contributed by atoms with Crippen LogP contribution in [0.2, 0.25) is 5.02 Å². The molecule has 3 rings (SSSR count). The van der Waals surface area contributed by atoms with E-state index in [1.54, 1.807) is 19.1 Å². The van der Waals surface area contributed by atoms with Gasteiger partial charge in [-0.25, -0.2) is 4.79 Å². The van der Waals surface area contributed by atoms with Crippen LogP contribution in [0.1, 0.15) is 51.9 Å². The highest BCUT2D eigenvalue weighted by Gasteiger charge is 2.36. The number of carboxylic acid groups (broad SMARTS) is 1. The minimum atomic E-state index is -1.09. The number of benzene rings is 1. The van der Waals surface area contributed by atoms with E-state index in [1.165, 1.54) is 21.6 Å². The van der Waals surface area contributed by atoms with Gasteiger partial charge in [0.15, 0.2) is 0 Å². The molecule has 1 fully saturated rings. The number of nitrogens with zero attached hydrogens (tertiary/aromatic N) is 2. The van der Waals surface area contributed by atoms with Gasteiger partial charge in [-0.2, -0.15) is 0 Å². The quantitative estimate of drug-likeness (QED) is 0.620. The zero-order chi connectivity index (χ0) is 21.8. The van der Waals surface area contributed by atoms with Gasteiger partial charge in [0.2, 0.25) is 5.91 Å². The third-order valence-corrected chi connectivity index (χ3v) is 5.63. The lowest BCUT2D eigenvalue weighted by Gasteiger charge is -2.25. The number of likely N-dealkylation sites (tertiary alicyclic amines) is 1. The molecule has 1 aliphatic heterocycles. The Kier molecular flexibility index (Phi) is 6.79. The first kappa shape index (κ1) is 21.9. The van der Waals surface area contributed by atoms with Gasteiger partial charge in [0, 0.05) is 31.2 Å². The van der Waals surface area contributed by atoms with E-state index in [1.807, 2.05) is 6.07 Å². The molecule has 0 aliphatic carbocycles. The molecule has 0 spiro atoms. The summed E-state index contributed by atoms with van der Waals surface area (Å²) in [7, 11) is 0. The number of carbonyl (C=O) groups excluding carboxylic acids is 2. The van der Waals surface area contributed by atoms with E-state index in [4.69, 9.17) is 17.3 Å². The zero-order valence-corrected chi connectivity index (χ0v) is 17.5. The summed E-state index contributed by atoms with van der Waals surface area (Å²) in [6.07, 6.45) is 1.25. The Labute approximate surface area is 179 Å². The van der Waals surface area contributed by atoms with Gasteiger partial charge in [-0.15, -0.1) is 0 Å². The minimum Gasteiger partial charge on any atom is -0.477 e. The van der Waals surface area contributed by atoms with Crippen molar-refractivity contribution in [3.05, 3.63) is 57.9 Å². The predicted octanol–water partition coefficient (Wildman–Crippen LogP) is 2.24. The topological polar surface area (TPSA) is 118 Å². The lowest BCUT2D eigenvalue weighted by Crippen LogP contribution is -2.46. The fraction of sp³-hybridized carbons (Fsp3) is 0.381. The Morgan fingerprint density at radius 1 is 1.20 bits per heavy atom. The molecule has 1 aromatic carbocycles. The molecular formula is C21H25ClN4O4. The summed E-state index contributed by atoms with van der Waals surface area (Å²) in [5.74, 6) is -1.69. The Morgan fingerprint density at radius 3 is 2.60 bits per heavy atom. The van der Waals surface area contributed by atoms with Gasteiger partial charge in [-0.05, 0) is 55.2 Å². The molecule has 30 heavy (non-hydrogen) atoms. The number of hydrogen-bond acceptors (Lipinski definition) is 4. The summed E-state index contributed by atoms with van der Waals surface area (Å²) in [6, 6.07) is 7.66. The van der Waals surface area contributed by atoms with E-state index in [9.17, 15) is 19.5 Å². The number of carbonyl (C=O) groups is 3. The Hall–Kier alpha value is -2.84. The molecule has 4 N–H and O–H groups in total. The summed E-state index contributed by atoms with van der Waals surface area (Å²) < 4.78 is 1.46. The van der Waals surface area contributed by atoms with Crippen molar-refractivity contribution in [1.29, 1.82) is 0 Å². The van der Waals surface area contributed by atoms with Crippen molar-refractivity contribution in [3.8, 4) is 0 Å². The number of nitrogens with two attached hydrogens (primary N) is 1. The first-order chi connectivity index (χ1) is 14.4. The molecule has 1 atom stereocenters. The molecule has 1 aliphatic rings. The van der Waals surface area contributed by atoms with E-state index in [2.05, 4.69) is 5.32 Å². The number of aromatic carboxylic acids is 1. The Balaban J connectivity index is 1.74. The second-order valence-corrected chi connectivity index (χ2v) is 7.58. The van der Waals surface area contributed by atoms with Gasteiger partial charge in [-0.1, -0.05) is 17.7 Å². The van der Waals surface area contributed by atoms with Crippen LogP contribution < -0.4 is 11.1 Å². The maximum absolute atomic E-state index is 13.1. The molecule has 2 amide bonds. The van der Waals surface area contributed by atoms with Gasteiger partial charge < -0.3 is 25.6 Å². The van der Waals surface area contributed by atoms with Gasteiger partial charge in [0.1, 0.15) is 17.4 Å². The van der Waals surface area contributed by atoms with Crippen LogP contribution in [0.5, 0.6) is 0 Å². The average Bonchev–Trinajstić information content (AvgIpc) is 3.38. The smallest absolute Gasteiger partial charge is 0.352 e. The van der Waals surface area contributed by atoms with E-state index in [0.717, 1.165) is 11.1 Å². The third kappa shape index (κ3) is 4.34.